The van der Waals surface area contributed by atoms with E-state index in [9.17, 15) is 8.42 Å². The van der Waals surface area contributed by atoms with Crippen LogP contribution in [0.4, 0.5) is 0 Å². The van der Waals surface area contributed by atoms with Crippen LogP contribution in [0.25, 0.3) is 0 Å². The van der Waals surface area contributed by atoms with Gasteiger partial charge in [0.1, 0.15) is 0 Å². The first-order valence-electron chi connectivity index (χ1n) is 6.42. The number of hydrogen-bond acceptors (Lipinski definition) is 4. The van der Waals surface area contributed by atoms with Crippen molar-refractivity contribution in [2.24, 2.45) is 0 Å². The number of sulfonamides is 1. The Morgan fingerprint density at radius 3 is 2.89 bits per heavy atom. The third kappa shape index (κ3) is 3.54. The molecule has 1 unspecified atom stereocenters. The van der Waals surface area contributed by atoms with Crippen molar-refractivity contribution in [1.82, 2.24) is 9.62 Å². The van der Waals surface area contributed by atoms with Crippen molar-refractivity contribution in [3.8, 4) is 0 Å². The van der Waals surface area contributed by atoms with E-state index in [1.807, 2.05) is 7.05 Å². The summed E-state index contributed by atoms with van der Waals surface area (Å²) in [5.41, 5.74) is 0.598. The van der Waals surface area contributed by atoms with Gasteiger partial charge in [0.2, 0.25) is 10.0 Å². The molecule has 0 spiro atoms. The number of likely N-dealkylation sites (tertiary alicyclic amines) is 1. The van der Waals surface area contributed by atoms with Crippen LogP contribution < -0.4 is 4.72 Å². The van der Waals surface area contributed by atoms with Crippen LogP contribution in [-0.2, 0) is 16.6 Å². The maximum atomic E-state index is 12.2. The van der Waals surface area contributed by atoms with Crippen LogP contribution in [-0.4, -0.2) is 44.6 Å². The zero-order chi connectivity index (χ0) is 13.9. The van der Waals surface area contributed by atoms with E-state index in [2.05, 4.69) is 9.62 Å². The van der Waals surface area contributed by atoms with Crippen molar-refractivity contribution in [2.45, 2.75) is 30.4 Å². The summed E-state index contributed by atoms with van der Waals surface area (Å²) in [6, 6.07) is 6.65. The first-order chi connectivity index (χ1) is 9.03. The van der Waals surface area contributed by atoms with E-state index in [0.717, 1.165) is 19.4 Å². The molecule has 1 aliphatic heterocycles. The molecule has 1 fully saturated rings. The molecule has 2 N–H and O–H groups in total. The Kier molecular flexibility index (Phi) is 4.57. The lowest BCUT2D eigenvalue weighted by Crippen LogP contribution is -2.38. The van der Waals surface area contributed by atoms with Gasteiger partial charge in [-0.05, 0) is 44.1 Å². The summed E-state index contributed by atoms with van der Waals surface area (Å²) in [4.78, 5) is 2.38. The summed E-state index contributed by atoms with van der Waals surface area (Å²) < 4.78 is 27.0. The molecule has 1 saturated heterocycles. The molecule has 6 heteroatoms. The summed E-state index contributed by atoms with van der Waals surface area (Å²) in [7, 11) is -1.48. The van der Waals surface area contributed by atoms with E-state index in [-0.39, 0.29) is 17.5 Å². The van der Waals surface area contributed by atoms with E-state index >= 15 is 0 Å². The van der Waals surface area contributed by atoms with Gasteiger partial charge in [-0.2, -0.15) is 0 Å². The molecule has 1 aliphatic rings. The van der Waals surface area contributed by atoms with Crippen molar-refractivity contribution in [3.63, 3.8) is 0 Å². The fourth-order valence-electron chi connectivity index (χ4n) is 2.34. The number of aliphatic hydroxyl groups excluding tert-OH is 1. The van der Waals surface area contributed by atoms with Gasteiger partial charge in [-0.25, -0.2) is 13.1 Å². The third-order valence-electron chi connectivity index (χ3n) is 3.57. The Morgan fingerprint density at radius 2 is 2.26 bits per heavy atom. The van der Waals surface area contributed by atoms with Gasteiger partial charge in [-0.3, -0.25) is 0 Å². The molecular weight excluding hydrogens is 264 g/mol. The molecule has 0 aromatic heterocycles. The molecule has 0 bridgehead atoms. The van der Waals surface area contributed by atoms with Gasteiger partial charge in [0.05, 0.1) is 11.5 Å². The highest BCUT2D eigenvalue weighted by Crippen LogP contribution is 2.16. The molecule has 19 heavy (non-hydrogen) atoms. The molecule has 0 saturated carbocycles. The molecular formula is C13H20N2O3S. The van der Waals surface area contributed by atoms with Crippen molar-refractivity contribution < 1.29 is 13.5 Å². The second-order valence-electron chi connectivity index (χ2n) is 4.93. The van der Waals surface area contributed by atoms with Crippen LogP contribution in [0.5, 0.6) is 0 Å². The fraction of sp³-hybridized carbons (Fsp3) is 0.538. The monoisotopic (exact) mass is 284 g/mol. The van der Waals surface area contributed by atoms with E-state index in [1.54, 1.807) is 18.2 Å². The number of nitrogens with zero attached hydrogens (tertiary/aromatic N) is 1. The normalized spacial score (nSPS) is 20.8. The van der Waals surface area contributed by atoms with Gasteiger partial charge >= 0.3 is 0 Å². The molecule has 2 rings (SSSR count). The van der Waals surface area contributed by atoms with Crippen molar-refractivity contribution in [2.75, 3.05) is 20.1 Å². The van der Waals surface area contributed by atoms with E-state index < -0.39 is 10.0 Å². The topological polar surface area (TPSA) is 69.6 Å². The minimum atomic E-state index is -3.49. The van der Waals surface area contributed by atoms with Gasteiger partial charge < -0.3 is 10.0 Å². The second kappa shape index (κ2) is 6.00. The van der Waals surface area contributed by atoms with Crippen molar-refractivity contribution >= 4 is 10.0 Å². The predicted octanol–water partition coefficient (Wildman–Crippen LogP) is 0.551. The molecule has 0 amide bonds. The third-order valence-corrected chi connectivity index (χ3v) is 4.99. The fourth-order valence-corrected chi connectivity index (χ4v) is 3.48. The number of hydrogen-bond donors (Lipinski definition) is 2. The number of rotatable bonds is 5. The van der Waals surface area contributed by atoms with Crippen molar-refractivity contribution in [1.29, 1.82) is 0 Å². The van der Waals surface area contributed by atoms with E-state index in [4.69, 9.17) is 5.11 Å². The zero-order valence-corrected chi connectivity index (χ0v) is 11.9. The van der Waals surface area contributed by atoms with Crippen molar-refractivity contribution in [3.05, 3.63) is 29.8 Å². The highest BCUT2D eigenvalue weighted by molar-refractivity contribution is 7.89. The number of benzene rings is 1. The molecule has 1 aromatic carbocycles. The Hall–Kier alpha value is -0.950. The maximum absolute atomic E-state index is 12.2. The smallest absolute Gasteiger partial charge is 0.240 e. The van der Waals surface area contributed by atoms with Crippen LogP contribution in [0.2, 0.25) is 0 Å². The molecule has 106 valence electrons. The Balaban J connectivity index is 2.05. The van der Waals surface area contributed by atoms with Gasteiger partial charge in [0, 0.05) is 12.6 Å². The quantitative estimate of drug-likeness (QED) is 0.828. The number of likely N-dealkylation sites (N-methyl/N-ethyl adjacent to an activating group) is 1. The van der Waals surface area contributed by atoms with Gasteiger partial charge in [-0.1, -0.05) is 12.1 Å². The second-order valence-corrected chi connectivity index (χ2v) is 6.70. The predicted molar refractivity (Wildman–Crippen MR) is 73.2 cm³/mol. The first kappa shape index (κ1) is 14.5. The van der Waals surface area contributed by atoms with Crippen LogP contribution >= 0.6 is 0 Å². The maximum Gasteiger partial charge on any atom is 0.240 e. The van der Waals surface area contributed by atoms with Gasteiger partial charge in [-0.15, -0.1) is 0 Å². The van der Waals surface area contributed by atoms with E-state index in [1.165, 1.54) is 6.07 Å². The molecule has 0 aliphatic carbocycles. The largest absolute Gasteiger partial charge is 0.392 e. The molecule has 1 heterocycles. The van der Waals surface area contributed by atoms with Crippen LogP contribution in [0.1, 0.15) is 18.4 Å². The summed E-state index contributed by atoms with van der Waals surface area (Å²) in [5.74, 6) is 0. The minimum absolute atomic E-state index is 0.158. The lowest BCUT2D eigenvalue weighted by atomic mass is 10.2. The molecule has 1 aromatic rings. The highest BCUT2D eigenvalue weighted by Gasteiger charge is 2.23. The molecule has 0 radical (unpaired) electrons. The number of nitrogens with one attached hydrogen (secondary N) is 1. The average Bonchev–Trinajstić information content (AvgIpc) is 2.82. The lowest BCUT2D eigenvalue weighted by molar-refractivity contribution is 0.281. The van der Waals surface area contributed by atoms with Crippen LogP contribution in [0.15, 0.2) is 29.2 Å². The van der Waals surface area contributed by atoms with Gasteiger partial charge in [0.15, 0.2) is 0 Å². The van der Waals surface area contributed by atoms with E-state index in [0.29, 0.717) is 12.1 Å². The average molecular weight is 284 g/mol. The SMILES string of the molecule is CN1CCCC1CNS(=O)(=O)c1cccc(CO)c1. The Labute approximate surface area is 114 Å². The lowest BCUT2D eigenvalue weighted by Gasteiger charge is -2.19. The first-order valence-corrected chi connectivity index (χ1v) is 7.91. The molecule has 1 atom stereocenters. The number of aliphatic hydroxyl groups is 1. The van der Waals surface area contributed by atoms with Gasteiger partial charge in [0.25, 0.3) is 0 Å². The van der Waals surface area contributed by atoms with Crippen LogP contribution in [0.3, 0.4) is 0 Å². The Morgan fingerprint density at radius 1 is 1.47 bits per heavy atom. The summed E-state index contributed by atoms with van der Waals surface area (Å²) in [6.45, 7) is 1.29. The standard InChI is InChI=1S/C13H20N2O3S/c1-15-7-3-5-12(15)9-14-19(17,18)13-6-2-4-11(8-13)10-16/h2,4,6,8,12,14,16H,3,5,7,9-10H2,1H3. The summed E-state index contributed by atoms with van der Waals surface area (Å²) in [5, 5.41) is 9.04. The zero-order valence-electron chi connectivity index (χ0n) is 11.0. The molecule has 5 nitrogen and oxygen atoms in total. The Bertz CT molecular complexity index is 530. The highest BCUT2D eigenvalue weighted by atomic mass is 32.2. The minimum Gasteiger partial charge on any atom is -0.392 e. The van der Waals surface area contributed by atoms with Crippen LogP contribution in [0, 0.1) is 0 Å². The summed E-state index contributed by atoms with van der Waals surface area (Å²) in [6.07, 6.45) is 2.14. The summed E-state index contributed by atoms with van der Waals surface area (Å²) >= 11 is 0.